The molecule has 0 heterocycles. The van der Waals surface area contributed by atoms with Gasteiger partial charge in [-0.05, 0) is 6.42 Å². The van der Waals surface area contributed by atoms with E-state index < -0.39 is 0 Å². The molecule has 1 nitrogen and oxygen atoms in total. The van der Waals surface area contributed by atoms with Crippen molar-refractivity contribution in [2.45, 2.75) is 25.7 Å². The van der Waals surface area contributed by atoms with Crippen LogP contribution in [0.4, 0.5) is 0 Å². The standard InChI is InChI=1S/C9H15O/c1-3-5-6-7-9-10-8-4-2/h2H,1,3,5-9H2. The first-order chi connectivity index (χ1) is 4.91. The molecule has 0 aliphatic rings. The van der Waals surface area contributed by atoms with E-state index in [1.54, 1.807) is 0 Å². The van der Waals surface area contributed by atoms with Crippen LogP contribution in [-0.2, 0) is 4.74 Å². The highest BCUT2D eigenvalue weighted by molar-refractivity contribution is 4.82. The maximum absolute atomic E-state index is 5.07. The maximum atomic E-state index is 5.07. The first-order valence-corrected chi connectivity index (χ1v) is 3.72. The average Bonchev–Trinajstić information content (AvgIpc) is 1.97. The molecule has 0 spiro atoms. The van der Waals surface area contributed by atoms with Gasteiger partial charge in [0.05, 0.1) is 0 Å². The topological polar surface area (TPSA) is 9.23 Å². The smallest absolute Gasteiger partial charge is 0.107 e. The van der Waals surface area contributed by atoms with Crippen molar-refractivity contribution in [1.82, 2.24) is 0 Å². The van der Waals surface area contributed by atoms with Crippen molar-refractivity contribution in [2.75, 3.05) is 13.2 Å². The zero-order chi connectivity index (χ0) is 7.66. The Labute approximate surface area is 63.8 Å². The fraction of sp³-hybridized carbons (Fsp3) is 0.667. The zero-order valence-corrected chi connectivity index (χ0v) is 6.44. The second kappa shape index (κ2) is 8.52. The Morgan fingerprint density at radius 3 is 2.70 bits per heavy atom. The molecular weight excluding hydrogens is 124 g/mol. The van der Waals surface area contributed by atoms with Gasteiger partial charge in [-0.3, -0.25) is 0 Å². The molecular formula is C9H15O. The van der Waals surface area contributed by atoms with E-state index >= 15 is 0 Å². The number of hydrogen-bond donors (Lipinski definition) is 0. The summed E-state index contributed by atoms with van der Waals surface area (Å²) in [5.41, 5.74) is 0. The van der Waals surface area contributed by atoms with Crippen molar-refractivity contribution in [3.05, 3.63) is 6.92 Å². The molecule has 1 radical (unpaired) electrons. The second-order valence-corrected chi connectivity index (χ2v) is 2.17. The summed E-state index contributed by atoms with van der Waals surface area (Å²) in [6.07, 6.45) is 9.51. The third-order valence-electron chi connectivity index (χ3n) is 1.22. The van der Waals surface area contributed by atoms with E-state index in [0.717, 1.165) is 19.4 Å². The van der Waals surface area contributed by atoms with Crippen LogP contribution in [0.1, 0.15) is 25.7 Å². The van der Waals surface area contributed by atoms with Crippen LogP contribution in [0.25, 0.3) is 0 Å². The number of hydrogen-bond acceptors (Lipinski definition) is 1. The molecule has 1 heteroatoms. The Morgan fingerprint density at radius 1 is 1.30 bits per heavy atom. The lowest BCUT2D eigenvalue weighted by Crippen LogP contribution is -1.93. The van der Waals surface area contributed by atoms with E-state index in [9.17, 15) is 0 Å². The summed E-state index contributed by atoms with van der Waals surface area (Å²) >= 11 is 0. The fourth-order valence-corrected chi connectivity index (χ4v) is 0.689. The van der Waals surface area contributed by atoms with Gasteiger partial charge in [0.25, 0.3) is 0 Å². The minimum absolute atomic E-state index is 0.449. The Bertz CT molecular complexity index is 91.4. The number of ether oxygens (including phenoxy) is 1. The molecule has 0 aliphatic heterocycles. The highest BCUT2D eigenvalue weighted by Gasteiger charge is 1.86. The minimum atomic E-state index is 0.449. The molecule has 0 N–H and O–H groups in total. The van der Waals surface area contributed by atoms with Crippen molar-refractivity contribution in [1.29, 1.82) is 0 Å². The van der Waals surface area contributed by atoms with Crippen molar-refractivity contribution in [2.24, 2.45) is 0 Å². The maximum Gasteiger partial charge on any atom is 0.107 e. The zero-order valence-electron chi connectivity index (χ0n) is 6.44. The van der Waals surface area contributed by atoms with Crippen molar-refractivity contribution >= 4 is 0 Å². The van der Waals surface area contributed by atoms with Crippen LogP contribution in [0.5, 0.6) is 0 Å². The van der Waals surface area contributed by atoms with Crippen LogP contribution in [0.2, 0.25) is 0 Å². The molecule has 10 heavy (non-hydrogen) atoms. The first-order valence-electron chi connectivity index (χ1n) is 3.72. The van der Waals surface area contributed by atoms with E-state index in [4.69, 9.17) is 11.2 Å². The van der Waals surface area contributed by atoms with Gasteiger partial charge in [0.1, 0.15) is 6.61 Å². The van der Waals surface area contributed by atoms with Crippen LogP contribution in [0.3, 0.4) is 0 Å². The lowest BCUT2D eigenvalue weighted by atomic mass is 10.2. The highest BCUT2D eigenvalue weighted by atomic mass is 16.5. The predicted molar refractivity (Wildman–Crippen MR) is 43.5 cm³/mol. The summed E-state index contributed by atoms with van der Waals surface area (Å²) in [6.45, 7) is 4.99. The van der Waals surface area contributed by atoms with E-state index in [1.165, 1.54) is 12.8 Å². The lowest BCUT2D eigenvalue weighted by Gasteiger charge is -1.98. The van der Waals surface area contributed by atoms with Crippen molar-refractivity contribution in [3.8, 4) is 12.3 Å². The van der Waals surface area contributed by atoms with Gasteiger partial charge in [-0.2, -0.15) is 0 Å². The second-order valence-electron chi connectivity index (χ2n) is 2.17. The molecule has 0 aromatic heterocycles. The van der Waals surface area contributed by atoms with E-state index in [1.807, 2.05) is 0 Å². The molecule has 0 atom stereocenters. The van der Waals surface area contributed by atoms with E-state index in [2.05, 4.69) is 12.8 Å². The number of unbranched alkanes of at least 4 members (excludes halogenated alkanes) is 3. The molecule has 0 aromatic rings. The normalized spacial score (nSPS) is 9.20. The van der Waals surface area contributed by atoms with Crippen LogP contribution in [0, 0.1) is 19.3 Å². The van der Waals surface area contributed by atoms with Crippen LogP contribution >= 0.6 is 0 Å². The van der Waals surface area contributed by atoms with Gasteiger partial charge in [0.15, 0.2) is 0 Å². The monoisotopic (exact) mass is 139 g/mol. The van der Waals surface area contributed by atoms with Crippen LogP contribution in [-0.4, -0.2) is 13.2 Å². The summed E-state index contributed by atoms with van der Waals surface area (Å²) in [5.74, 6) is 2.42. The summed E-state index contributed by atoms with van der Waals surface area (Å²) in [5, 5.41) is 0. The highest BCUT2D eigenvalue weighted by Crippen LogP contribution is 1.97. The van der Waals surface area contributed by atoms with E-state index in [0.29, 0.717) is 6.61 Å². The van der Waals surface area contributed by atoms with Crippen molar-refractivity contribution < 1.29 is 4.74 Å². The molecule has 0 aromatic carbocycles. The van der Waals surface area contributed by atoms with Gasteiger partial charge < -0.3 is 4.74 Å². The van der Waals surface area contributed by atoms with Gasteiger partial charge in [0.2, 0.25) is 0 Å². The fourth-order valence-electron chi connectivity index (χ4n) is 0.689. The molecule has 0 saturated carbocycles. The third kappa shape index (κ3) is 7.52. The average molecular weight is 139 g/mol. The summed E-state index contributed by atoms with van der Waals surface area (Å²) < 4.78 is 5.07. The molecule has 0 saturated heterocycles. The molecule has 0 bridgehead atoms. The molecule has 57 valence electrons. The van der Waals surface area contributed by atoms with E-state index in [-0.39, 0.29) is 0 Å². The van der Waals surface area contributed by atoms with Crippen LogP contribution < -0.4 is 0 Å². The largest absolute Gasteiger partial charge is 0.369 e. The first kappa shape index (κ1) is 9.52. The number of rotatable bonds is 6. The molecule has 0 amide bonds. The summed E-state index contributed by atoms with van der Waals surface area (Å²) in [7, 11) is 0. The third-order valence-corrected chi connectivity index (χ3v) is 1.22. The molecule has 0 rings (SSSR count). The van der Waals surface area contributed by atoms with Gasteiger partial charge in [0, 0.05) is 6.61 Å². The molecule has 0 unspecified atom stereocenters. The minimum Gasteiger partial charge on any atom is -0.369 e. The lowest BCUT2D eigenvalue weighted by molar-refractivity contribution is 0.162. The number of terminal acetylenes is 1. The van der Waals surface area contributed by atoms with Gasteiger partial charge in [-0.15, -0.1) is 6.42 Å². The summed E-state index contributed by atoms with van der Waals surface area (Å²) in [6, 6.07) is 0. The Kier molecular flexibility index (Phi) is 8.11. The predicted octanol–water partition coefficient (Wildman–Crippen LogP) is 2.03. The van der Waals surface area contributed by atoms with Crippen molar-refractivity contribution in [3.63, 3.8) is 0 Å². The summed E-state index contributed by atoms with van der Waals surface area (Å²) in [4.78, 5) is 0. The van der Waals surface area contributed by atoms with Gasteiger partial charge in [-0.25, -0.2) is 0 Å². The molecule has 0 aliphatic carbocycles. The Morgan fingerprint density at radius 2 is 2.10 bits per heavy atom. The Hall–Kier alpha value is -0.480. The van der Waals surface area contributed by atoms with Crippen LogP contribution in [0.15, 0.2) is 0 Å². The quantitative estimate of drug-likeness (QED) is 0.404. The van der Waals surface area contributed by atoms with Gasteiger partial charge >= 0.3 is 0 Å². The van der Waals surface area contributed by atoms with Gasteiger partial charge in [-0.1, -0.05) is 32.1 Å². The Balaban J connectivity index is 2.72. The SMILES string of the molecule is C#CCOCCCCC[CH2]. The molecule has 0 fully saturated rings.